The lowest BCUT2D eigenvalue weighted by molar-refractivity contribution is 0.445. The van der Waals surface area contributed by atoms with Crippen LogP contribution in [0.4, 0.5) is 0 Å². The molecule has 0 saturated heterocycles. The summed E-state index contributed by atoms with van der Waals surface area (Å²) in [6.07, 6.45) is 0. The van der Waals surface area contributed by atoms with Crippen LogP contribution in [-0.4, -0.2) is 18.1 Å². The molecule has 106 valence electrons. The van der Waals surface area contributed by atoms with Crippen molar-refractivity contribution < 1.29 is 18.1 Å². The average molecular weight is 300 g/mol. The van der Waals surface area contributed by atoms with Crippen LogP contribution in [0, 0.1) is 0 Å². The Morgan fingerprint density at radius 2 is 1.38 bits per heavy atom. The van der Waals surface area contributed by atoms with Crippen molar-refractivity contribution in [2.75, 3.05) is 0 Å². The average Bonchev–Trinajstić information content (AvgIpc) is 2.46. The smallest absolute Gasteiger partial charge is 0.298 e. The molecule has 0 fully saturated rings. The second-order valence-corrected chi connectivity index (χ2v) is 6.04. The molecule has 5 heteroatoms. The van der Waals surface area contributed by atoms with Crippen LogP contribution in [0.1, 0.15) is 0 Å². The number of phenols is 1. The summed E-state index contributed by atoms with van der Waals surface area (Å²) in [4.78, 5) is -0.493. The van der Waals surface area contributed by atoms with Gasteiger partial charge in [-0.15, -0.1) is 0 Å². The van der Waals surface area contributed by atoms with Crippen molar-refractivity contribution in [1.29, 1.82) is 0 Å². The SMILES string of the molecule is O=S(=O)(O)c1cccc(-c2cccc3ccccc23)c1O. The maximum absolute atomic E-state index is 11.3. The molecular formula is C16H12O4S. The minimum Gasteiger partial charge on any atom is -0.506 e. The van der Waals surface area contributed by atoms with Crippen LogP contribution < -0.4 is 0 Å². The molecule has 3 rings (SSSR count). The Kier molecular flexibility index (Phi) is 3.16. The van der Waals surface area contributed by atoms with Crippen LogP contribution in [-0.2, 0) is 10.1 Å². The highest BCUT2D eigenvalue weighted by molar-refractivity contribution is 7.86. The molecule has 0 bridgehead atoms. The molecule has 0 spiro atoms. The maximum atomic E-state index is 11.3. The largest absolute Gasteiger partial charge is 0.506 e. The van der Waals surface area contributed by atoms with Crippen LogP contribution in [0.25, 0.3) is 21.9 Å². The predicted octanol–water partition coefficient (Wildman–Crippen LogP) is 3.46. The normalized spacial score (nSPS) is 11.7. The van der Waals surface area contributed by atoms with Gasteiger partial charge in [0.25, 0.3) is 10.1 Å². The number of aromatic hydroxyl groups is 1. The first-order valence-electron chi connectivity index (χ1n) is 6.26. The first-order chi connectivity index (χ1) is 9.98. The molecule has 0 aliphatic carbocycles. The van der Waals surface area contributed by atoms with Crippen LogP contribution in [0.15, 0.2) is 65.6 Å². The quantitative estimate of drug-likeness (QED) is 0.711. The molecular weight excluding hydrogens is 288 g/mol. The Morgan fingerprint density at radius 1 is 0.762 bits per heavy atom. The highest BCUT2D eigenvalue weighted by Gasteiger charge is 2.19. The van der Waals surface area contributed by atoms with Gasteiger partial charge in [0.1, 0.15) is 10.6 Å². The van der Waals surface area contributed by atoms with Gasteiger partial charge in [-0.3, -0.25) is 4.55 Å². The first-order valence-corrected chi connectivity index (χ1v) is 7.70. The standard InChI is InChI=1S/C16H12O4S/c17-16-14(9-4-10-15(16)21(18,19)20)13-8-3-6-11-5-1-2-7-12(11)13/h1-10,17H,(H,18,19,20). The van der Waals surface area contributed by atoms with Gasteiger partial charge in [0.05, 0.1) is 0 Å². The van der Waals surface area contributed by atoms with Gasteiger partial charge in [-0.05, 0) is 22.4 Å². The Bertz CT molecular complexity index is 925. The van der Waals surface area contributed by atoms with E-state index in [4.69, 9.17) is 4.55 Å². The molecule has 0 atom stereocenters. The number of phenolic OH excluding ortho intramolecular Hbond substituents is 1. The zero-order chi connectivity index (χ0) is 15.0. The molecule has 21 heavy (non-hydrogen) atoms. The number of rotatable bonds is 2. The van der Waals surface area contributed by atoms with E-state index < -0.39 is 20.8 Å². The van der Waals surface area contributed by atoms with Gasteiger partial charge >= 0.3 is 0 Å². The summed E-state index contributed by atoms with van der Waals surface area (Å²) in [7, 11) is -4.47. The summed E-state index contributed by atoms with van der Waals surface area (Å²) in [5.74, 6) is -0.448. The summed E-state index contributed by atoms with van der Waals surface area (Å²) in [5, 5.41) is 12.1. The van der Waals surface area contributed by atoms with Crippen molar-refractivity contribution in [3.8, 4) is 16.9 Å². The Hall–Kier alpha value is -2.37. The van der Waals surface area contributed by atoms with Gasteiger partial charge in [-0.2, -0.15) is 8.42 Å². The summed E-state index contributed by atoms with van der Waals surface area (Å²) < 4.78 is 31.8. The van der Waals surface area contributed by atoms with E-state index in [9.17, 15) is 13.5 Å². The van der Waals surface area contributed by atoms with Gasteiger partial charge in [0, 0.05) is 5.56 Å². The number of para-hydroxylation sites is 1. The van der Waals surface area contributed by atoms with Gasteiger partial charge in [-0.25, -0.2) is 0 Å². The summed E-state index contributed by atoms with van der Waals surface area (Å²) in [5.41, 5.74) is 1.07. The second-order valence-electron chi connectivity index (χ2n) is 4.65. The molecule has 0 radical (unpaired) electrons. The van der Waals surface area contributed by atoms with Crippen LogP contribution >= 0.6 is 0 Å². The third-order valence-corrected chi connectivity index (χ3v) is 4.24. The Labute approximate surface area is 122 Å². The van der Waals surface area contributed by atoms with E-state index in [2.05, 4.69) is 0 Å². The van der Waals surface area contributed by atoms with Crippen molar-refractivity contribution >= 4 is 20.9 Å². The highest BCUT2D eigenvalue weighted by Crippen LogP contribution is 2.37. The molecule has 0 aromatic heterocycles. The Balaban J connectivity index is 2.35. The molecule has 0 aliphatic rings. The van der Waals surface area contributed by atoms with E-state index in [1.165, 1.54) is 12.1 Å². The predicted molar refractivity (Wildman–Crippen MR) is 80.9 cm³/mol. The van der Waals surface area contributed by atoms with Crippen molar-refractivity contribution in [3.63, 3.8) is 0 Å². The van der Waals surface area contributed by atoms with Crippen LogP contribution in [0.5, 0.6) is 5.75 Å². The monoisotopic (exact) mass is 300 g/mol. The Morgan fingerprint density at radius 3 is 2.14 bits per heavy atom. The molecule has 0 saturated carbocycles. The highest BCUT2D eigenvalue weighted by atomic mass is 32.2. The minimum atomic E-state index is -4.47. The third-order valence-electron chi connectivity index (χ3n) is 3.36. The van der Waals surface area contributed by atoms with Crippen molar-refractivity contribution in [2.24, 2.45) is 0 Å². The fourth-order valence-electron chi connectivity index (χ4n) is 2.41. The molecule has 3 aromatic rings. The fraction of sp³-hybridized carbons (Fsp3) is 0. The molecule has 0 amide bonds. The van der Waals surface area contributed by atoms with Crippen LogP contribution in [0.2, 0.25) is 0 Å². The van der Waals surface area contributed by atoms with E-state index in [1.54, 1.807) is 12.1 Å². The lowest BCUT2D eigenvalue weighted by Crippen LogP contribution is -1.99. The lowest BCUT2D eigenvalue weighted by atomic mass is 9.98. The summed E-state index contributed by atoms with van der Waals surface area (Å²) >= 11 is 0. The van der Waals surface area contributed by atoms with Crippen molar-refractivity contribution in [1.82, 2.24) is 0 Å². The molecule has 2 N–H and O–H groups in total. The van der Waals surface area contributed by atoms with Crippen LogP contribution in [0.3, 0.4) is 0 Å². The van der Waals surface area contributed by atoms with Gasteiger partial charge in [0.15, 0.2) is 0 Å². The molecule has 0 heterocycles. The van der Waals surface area contributed by atoms with E-state index >= 15 is 0 Å². The first kappa shape index (κ1) is 13.6. The number of hydrogen-bond donors (Lipinski definition) is 2. The van der Waals surface area contributed by atoms with Gasteiger partial charge < -0.3 is 5.11 Å². The van der Waals surface area contributed by atoms with E-state index in [1.807, 2.05) is 36.4 Å². The van der Waals surface area contributed by atoms with Gasteiger partial charge in [-0.1, -0.05) is 54.6 Å². The molecule has 4 nitrogen and oxygen atoms in total. The van der Waals surface area contributed by atoms with E-state index in [-0.39, 0.29) is 0 Å². The topological polar surface area (TPSA) is 74.6 Å². The minimum absolute atomic E-state index is 0.363. The van der Waals surface area contributed by atoms with E-state index in [0.29, 0.717) is 11.1 Å². The number of benzene rings is 3. The van der Waals surface area contributed by atoms with Crippen molar-refractivity contribution in [2.45, 2.75) is 4.90 Å². The zero-order valence-corrected chi connectivity index (χ0v) is 11.7. The summed E-state index contributed by atoms with van der Waals surface area (Å²) in [6.45, 7) is 0. The second kappa shape index (κ2) is 4.87. The van der Waals surface area contributed by atoms with E-state index in [0.717, 1.165) is 10.8 Å². The lowest BCUT2D eigenvalue weighted by Gasteiger charge is -2.10. The van der Waals surface area contributed by atoms with Crippen molar-refractivity contribution in [3.05, 3.63) is 60.7 Å². The third kappa shape index (κ3) is 2.37. The number of fused-ring (bicyclic) bond motifs is 1. The molecule has 3 aromatic carbocycles. The molecule has 0 unspecified atom stereocenters. The molecule has 0 aliphatic heterocycles. The summed E-state index contributed by atoms with van der Waals surface area (Å²) in [6, 6.07) is 17.4. The van der Waals surface area contributed by atoms with Gasteiger partial charge in [0.2, 0.25) is 0 Å². The maximum Gasteiger partial charge on any atom is 0.298 e. The zero-order valence-electron chi connectivity index (χ0n) is 10.9. The number of hydrogen-bond acceptors (Lipinski definition) is 3. The fourth-order valence-corrected chi connectivity index (χ4v) is 3.01.